The number of aromatic nitrogens is 2. The summed E-state index contributed by atoms with van der Waals surface area (Å²) in [6.07, 6.45) is 2.69. The Morgan fingerprint density at radius 1 is 1.30 bits per heavy atom. The smallest absolute Gasteiger partial charge is 0.229 e. The molecule has 0 amide bonds. The van der Waals surface area contributed by atoms with Crippen LogP contribution < -0.4 is 0 Å². The van der Waals surface area contributed by atoms with E-state index in [9.17, 15) is 5.11 Å². The first-order valence-corrected chi connectivity index (χ1v) is 7.53. The van der Waals surface area contributed by atoms with Crippen LogP contribution in [0, 0.1) is 5.92 Å². The van der Waals surface area contributed by atoms with Gasteiger partial charge >= 0.3 is 0 Å². The van der Waals surface area contributed by atoms with Crippen LogP contribution in [0.2, 0.25) is 0 Å². The van der Waals surface area contributed by atoms with Crippen molar-refractivity contribution in [2.45, 2.75) is 44.8 Å². The third kappa shape index (κ3) is 3.19. The molecule has 0 saturated carbocycles. The topological polar surface area (TPSA) is 71.6 Å². The second-order valence-electron chi connectivity index (χ2n) is 6.00. The van der Waals surface area contributed by atoms with Crippen molar-refractivity contribution < 1.29 is 14.4 Å². The van der Waals surface area contributed by atoms with Gasteiger partial charge in [0.1, 0.15) is 0 Å². The molecule has 0 aliphatic carbocycles. The molecule has 0 radical (unpaired) electrons. The first-order chi connectivity index (χ1) is 9.72. The van der Waals surface area contributed by atoms with Crippen molar-refractivity contribution in [3.63, 3.8) is 0 Å². The molecule has 112 valence electrons. The minimum atomic E-state index is -0.245. The Morgan fingerprint density at radius 3 is 2.85 bits per heavy atom. The highest BCUT2D eigenvalue weighted by Gasteiger charge is 2.26. The second-order valence-corrected chi connectivity index (χ2v) is 6.00. The molecule has 3 heterocycles. The van der Waals surface area contributed by atoms with Gasteiger partial charge in [0.2, 0.25) is 5.89 Å². The molecule has 6 nitrogen and oxygen atoms in total. The highest BCUT2D eigenvalue weighted by atomic mass is 16.5. The highest BCUT2D eigenvalue weighted by molar-refractivity contribution is 4.95. The van der Waals surface area contributed by atoms with E-state index in [1.807, 2.05) is 0 Å². The maximum absolute atomic E-state index is 9.92. The van der Waals surface area contributed by atoms with Gasteiger partial charge < -0.3 is 14.4 Å². The molecule has 2 fully saturated rings. The average molecular weight is 281 g/mol. The molecule has 0 aromatic carbocycles. The van der Waals surface area contributed by atoms with Crippen molar-refractivity contribution in [3.05, 3.63) is 11.7 Å². The van der Waals surface area contributed by atoms with Gasteiger partial charge in [0.05, 0.1) is 12.6 Å². The van der Waals surface area contributed by atoms with Crippen LogP contribution in [0.25, 0.3) is 0 Å². The molecule has 1 N–H and O–H groups in total. The molecule has 2 aliphatic rings. The van der Waals surface area contributed by atoms with Crippen molar-refractivity contribution in [1.29, 1.82) is 0 Å². The standard InChI is InChI=1S/C14H23N3O3/c1-10-2-5-17(8-12(10)18)9-13-15-14(20-16-13)11-3-6-19-7-4-11/h10-12,18H,2-9H2,1H3. The monoisotopic (exact) mass is 281 g/mol. The predicted molar refractivity (Wildman–Crippen MR) is 72.2 cm³/mol. The fourth-order valence-electron chi connectivity index (χ4n) is 2.90. The molecule has 3 rings (SSSR count). The number of aliphatic hydroxyl groups is 1. The van der Waals surface area contributed by atoms with Crippen LogP contribution in [-0.4, -0.2) is 52.6 Å². The minimum absolute atomic E-state index is 0.245. The third-order valence-corrected chi connectivity index (χ3v) is 4.42. The van der Waals surface area contributed by atoms with Crippen molar-refractivity contribution in [1.82, 2.24) is 15.0 Å². The van der Waals surface area contributed by atoms with E-state index < -0.39 is 0 Å². The molecule has 20 heavy (non-hydrogen) atoms. The number of aliphatic hydroxyl groups excluding tert-OH is 1. The molecule has 0 spiro atoms. The van der Waals surface area contributed by atoms with E-state index in [0.29, 0.717) is 24.9 Å². The van der Waals surface area contributed by atoms with Gasteiger partial charge in [-0.15, -0.1) is 0 Å². The molecule has 6 heteroatoms. The van der Waals surface area contributed by atoms with Crippen LogP contribution in [0.4, 0.5) is 0 Å². The summed E-state index contributed by atoms with van der Waals surface area (Å²) in [5.74, 6) is 2.20. The van der Waals surface area contributed by atoms with E-state index >= 15 is 0 Å². The Kier molecular flexibility index (Phi) is 4.33. The van der Waals surface area contributed by atoms with Gasteiger partial charge in [-0.25, -0.2) is 0 Å². The van der Waals surface area contributed by atoms with E-state index in [-0.39, 0.29) is 6.10 Å². The van der Waals surface area contributed by atoms with Gasteiger partial charge in [-0.1, -0.05) is 12.1 Å². The van der Waals surface area contributed by atoms with E-state index in [4.69, 9.17) is 9.26 Å². The number of hydrogen-bond acceptors (Lipinski definition) is 6. The minimum Gasteiger partial charge on any atom is -0.392 e. The first-order valence-electron chi connectivity index (χ1n) is 7.53. The largest absolute Gasteiger partial charge is 0.392 e. The number of ether oxygens (including phenoxy) is 1. The van der Waals surface area contributed by atoms with E-state index in [1.165, 1.54) is 0 Å². The summed E-state index contributed by atoms with van der Waals surface area (Å²) in [5, 5.41) is 14.0. The quantitative estimate of drug-likeness (QED) is 0.896. The van der Waals surface area contributed by atoms with Crippen LogP contribution in [-0.2, 0) is 11.3 Å². The second kappa shape index (κ2) is 6.20. The Balaban J connectivity index is 1.57. The lowest BCUT2D eigenvalue weighted by molar-refractivity contribution is 0.0246. The zero-order valence-electron chi connectivity index (χ0n) is 12.0. The molecular weight excluding hydrogens is 258 g/mol. The zero-order chi connectivity index (χ0) is 13.9. The zero-order valence-corrected chi connectivity index (χ0v) is 12.0. The summed E-state index contributed by atoms with van der Waals surface area (Å²) in [7, 11) is 0. The van der Waals surface area contributed by atoms with Crippen LogP contribution in [0.1, 0.15) is 43.8 Å². The van der Waals surface area contributed by atoms with Crippen molar-refractivity contribution in [2.24, 2.45) is 5.92 Å². The average Bonchev–Trinajstić information content (AvgIpc) is 2.92. The summed E-state index contributed by atoms with van der Waals surface area (Å²) in [6, 6.07) is 0. The van der Waals surface area contributed by atoms with Crippen molar-refractivity contribution in [3.8, 4) is 0 Å². The van der Waals surface area contributed by atoms with Crippen molar-refractivity contribution in [2.75, 3.05) is 26.3 Å². The number of nitrogens with zero attached hydrogens (tertiary/aromatic N) is 3. The SMILES string of the molecule is CC1CCN(Cc2noc(C3CCOCC3)n2)CC1O. The van der Waals surface area contributed by atoms with Gasteiger partial charge in [-0.3, -0.25) is 4.90 Å². The molecule has 1 aromatic heterocycles. The molecule has 2 saturated heterocycles. The van der Waals surface area contributed by atoms with Gasteiger partial charge in [0.15, 0.2) is 5.82 Å². The Labute approximate surface area is 119 Å². The summed E-state index contributed by atoms with van der Waals surface area (Å²) in [4.78, 5) is 6.71. The number of rotatable bonds is 3. The Hall–Kier alpha value is -0.980. The first kappa shape index (κ1) is 14.0. The van der Waals surface area contributed by atoms with Crippen LogP contribution >= 0.6 is 0 Å². The summed E-state index contributed by atoms with van der Waals surface area (Å²) < 4.78 is 10.7. The van der Waals surface area contributed by atoms with Crippen LogP contribution in [0.3, 0.4) is 0 Å². The summed E-state index contributed by atoms with van der Waals surface area (Å²) >= 11 is 0. The lowest BCUT2D eigenvalue weighted by atomic mass is 9.96. The number of likely N-dealkylation sites (tertiary alicyclic amines) is 1. The number of β-amino-alcohol motifs (C(OH)–C–C–N with tert-alkyl or cyclic N) is 1. The van der Waals surface area contributed by atoms with Gasteiger partial charge in [0, 0.05) is 25.7 Å². The number of piperidine rings is 1. The van der Waals surface area contributed by atoms with Gasteiger partial charge in [0.25, 0.3) is 0 Å². The maximum Gasteiger partial charge on any atom is 0.229 e. The molecule has 0 bridgehead atoms. The Morgan fingerprint density at radius 2 is 2.10 bits per heavy atom. The lowest BCUT2D eigenvalue weighted by Crippen LogP contribution is -2.42. The van der Waals surface area contributed by atoms with E-state index in [0.717, 1.165) is 50.7 Å². The van der Waals surface area contributed by atoms with Gasteiger partial charge in [-0.2, -0.15) is 4.98 Å². The summed E-state index contributed by atoms with van der Waals surface area (Å²) in [6.45, 7) is 5.99. The predicted octanol–water partition coefficient (Wildman–Crippen LogP) is 1.17. The summed E-state index contributed by atoms with van der Waals surface area (Å²) in [5.41, 5.74) is 0. The molecular formula is C14H23N3O3. The normalized spacial score (nSPS) is 29.7. The van der Waals surface area contributed by atoms with Crippen LogP contribution in [0.15, 0.2) is 4.52 Å². The molecule has 1 aromatic rings. The lowest BCUT2D eigenvalue weighted by Gasteiger charge is -2.33. The number of hydrogen-bond donors (Lipinski definition) is 1. The Bertz CT molecular complexity index is 431. The van der Waals surface area contributed by atoms with E-state index in [2.05, 4.69) is 22.0 Å². The van der Waals surface area contributed by atoms with Gasteiger partial charge in [-0.05, 0) is 31.7 Å². The van der Waals surface area contributed by atoms with E-state index in [1.54, 1.807) is 0 Å². The molecule has 2 unspecified atom stereocenters. The van der Waals surface area contributed by atoms with Crippen molar-refractivity contribution >= 4 is 0 Å². The van der Waals surface area contributed by atoms with Crippen LogP contribution in [0.5, 0.6) is 0 Å². The highest BCUT2D eigenvalue weighted by Crippen LogP contribution is 2.25. The fraction of sp³-hybridized carbons (Fsp3) is 0.857. The molecule has 2 atom stereocenters. The fourth-order valence-corrected chi connectivity index (χ4v) is 2.90. The molecule has 2 aliphatic heterocycles. The maximum atomic E-state index is 9.92. The third-order valence-electron chi connectivity index (χ3n) is 4.42.